The third-order valence-electron chi connectivity index (χ3n) is 4.30. The molecule has 0 amide bonds. The fourth-order valence-corrected chi connectivity index (χ4v) is 2.86. The van der Waals surface area contributed by atoms with Crippen molar-refractivity contribution in [1.82, 2.24) is 5.32 Å². The van der Waals surface area contributed by atoms with Crippen molar-refractivity contribution in [3.8, 4) is 0 Å². The Hall–Kier alpha value is -0.0800. The van der Waals surface area contributed by atoms with Crippen LogP contribution >= 0.6 is 0 Å². The van der Waals surface area contributed by atoms with Crippen LogP contribution in [0.15, 0.2) is 0 Å². The van der Waals surface area contributed by atoms with Crippen molar-refractivity contribution >= 4 is 0 Å². The Morgan fingerprint density at radius 3 is 1.29 bits per heavy atom. The minimum atomic E-state index is -0.103. The van der Waals surface area contributed by atoms with Gasteiger partial charge in [0.2, 0.25) is 0 Å². The highest BCUT2D eigenvalue weighted by Gasteiger charge is 1.96. The van der Waals surface area contributed by atoms with E-state index in [9.17, 15) is 0 Å². The zero-order valence-electron chi connectivity index (χ0n) is 14.8. The molecule has 128 valence electrons. The number of nitrogens with one attached hydrogen (secondary N) is 1. The topological polar surface area (TPSA) is 32.3 Å². The van der Waals surface area contributed by atoms with Crippen LogP contribution in [0.3, 0.4) is 0 Å². The average molecular weight is 300 g/mol. The Bertz CT molecular complexity index is 182. The summed E-state index contributed by atoms with van der Waals surface area (Å²) in [6.07, 6.45) is 20.4. The van der Waals surface area contributed by atoms with E-state index in [1.165, 1.54) is 96.4 Å². The summed E-state index contributed by atoms with van der Waals surface area (Å²) in [6.45, 7) is 3.07. The standard InChI is InChI=1S/C19H41NO/c1-19(21)17-15-13-11-9-7-5-3-4-6-8-10-12-14-16-18-20-2/h19-21H,3-18H2,1-2H3. The summed E-state index contributed by atoms with van der Waals surface area (Å²) in [5.41, 5.74) is 0. The van der Waals surface area contributed by atoms with E-state index in [0.29, 0.717) is 0 Å². The van der Waals surface area contributed by atoms with E-state index >= 15 is 0 Å². The Morgan fingerprint density at radius 2 is 0.952 bits per heavy atom. The van der Waals surface area contributed by atoms with Crippen LogP contribution in [-0.2, 0) is 0 Å². The molecule has 0 radical (unpaired) electrons. The van der Waals surface area contributed by atoms with Gasteiger partial charge in [-0.1, -0.05) is 83.5 Å². The highest BCUT2D eigenvalue weighted by molar-refractivity contribution is 4.51. The zero-order chi connectivity index (χ0) is 15.6. The third kappa shape index (κ3) is 19.9. The van der Waals surface area contributed by atoms with Gasteiger partial charge in [-0.15, -0.1) is 0 Å². The molecule has 0 aliphatic heterocycles. The molecular formula is C19H41NO. The summed E-state index contributed by atoms with van der Waals surface area (Å²) in [4.78, 5) is 0. The van der Waals surface area contributed by atoms with E-state index in [2.05, 4.69) is 5.32 Å². The maximum atomic E-state index is 9.16. The first-order valence-electron chi connectivity index (χ1n) is 9.60. The van der Waals surface area contributed by atoms with Crippen molar-refractivity contribution < 1.29 is 5.11 Å². The predicted octanol–water partition coefficient (Wildman–Crippen LogP) is 5.44. The van der Waals surface area contributed by atoms with Crippen LogP contribution in [0.25, 0.3) is 0 Å². The Morgan fingerprint density at radius 1 is 0.619 bits per heavy atom. The van der Waals surface area contributed by atoms with E-state index in [-0.39, 0.29) is 6.10 Å². The van der Waals surface area contributed by atoms with Crippen LogP contribution in [0.5, 0.6) is 0 Å². The second-order valence-electron chi connectivity index (χ2n) is 6.69. The molecule has 2 N–H and O–H groups in total. The number of aliphatic hydroxyl groups is 1. The number of aliphatic hydroxyl groups excluding tert-OH is 1. The fourth-order valence-electron chi connectivity index (χ4n) is 2.86. The first-order valence-corrected chi connectivity index (χ1v) is 9.60. The molecule has 0 aliphatic rings. The second-order valence-corrected chi connectivity index (χ2v) is 6.69. The lowest BCUT2D eigenvalue weighted by Crippen LogP contribution is -2.06. The van der Waals surface area contributed by atoms with Crippen molar-refractivity contribution in [2.75, 3.05) is 13.6 Å². The summed E-state index contributed by atoms with van der Waals surface area (Å²) in [6, 6.07) is 0. The van der Waals surface area contributed by atoms with Crippen molar-refractivity contribution in [1.29, 1.82) is 0 Å². The lowest BCUT2D eigenvalue weighted by atomic mass is 10.0. The summed E-state index contributed by atoms with van der Waals surface area (Å²) < 4.78 is 0. The summed E-state index contributed by atoms with van der Waals surface area (Å²) in [5, 5.41) is 12.4. The van der Waals surface area contributed by atoms with Crippen molar-refractivity contribution in [3.63, 3.8) is 0 Å². The van der Waals surface area contributed by atoms with Gasteiger partial charge >= 0.3 is 0 Å². The first kappa shape index (κ1) is 20.9. The molecule has 21 heavy (non-hydrogen) atoms. The molecule has 2 nitrogen and oxygen atoms in total. The molecule has 0 rings (SSSR count). The quantitative estimate of drug-likeness (QED) is 0.351. The molecular weight excluding hydrogens is 258 g/mol. The lowest BCUT2D eigenvalue weighted by Gasteiger charge is -2.04. The number of hydrogen-bond donors (Lipinski definition) is 2. The molecule has 0 aromatic rings. The van der Waals surface area contributed by atoms with E-state index in [4.69, 9.17) is 5.11 Å². The van der Waals surface area contributed by atoms with Crippen LogP contribution in [0.4, 0.5) is 0 Å². The zero-order valence-corrected chi connectivity index (χ0v) is 14.8. The molecule has 0 spiro atoms. The molecule has 1 atom stereocenters. The van der Waals surface area contributed by atoms with Crippen molar-refractivity contribution in [2.24, 2.45) is 0 Å². The molecule has 0 heterocycles. The van der Waals surface area contributed by atoms with Crippen LogP contribution in [0.1, 0.15) is 103 Å². The molecule has 0 saturated carbocycles. The van der Waals surface area contributed by atoms with E-state index in [1.54, 1.807) is 0 Å². The molecule has 1 unspecified atom stereocenters. The van der Waals surface area contributed by atoms with Crippen molar-refractivity contribution in [2.45, 2.75) is 109 Å². The van der Waals surface area contributed by atoms with Gasteiger partial charge in [0, 0.05) is 0 Å². The normalized spacial score (nSPS) is 12.7. The van der Waals surface area contributed by atoms with Gasteiger partial charge in [-0.3, -0.25) is 0 Å². The molecule has 0 aromatic carbocycles. The average Bonchev–Trinajstić information content (AvgIpc) is 2.46. The molecule has 0 bridgehead atoms. The smallest absolute Gasteiger partial charge is 0.0512 e. The molecule has 2 heteroatoms. The Kier molecular flexibility index (Phi) is 17.9. The van der Waals surface area contributed by atoms with Crippen molar-refractivity contribution in [3.05, 3.63) is 0 Å². The van der Waals surface area contributed by atoms with Gasteiger partial charge in [-0.05, 0) is 33.4 Å². The van der Waals surface area contributed by atoms with Crippen LogP contribution in [-0.4, -0.2) is 24.8 Å². The van der Waals surface area contributed by atoms with Gasteiger partial charge in [-0.2, -0.15) is 0 Å². The largest absolute Gasteiger partial charge is 0.393 e. The maximum absolute atomic E-state index is 9.16. The SMILES string of the molecule is CNCCCCCCCCCCCCCCCCC(C)O. The van der Waals surface area contributed by atoms with Gasteiger partial charge < -0.3 is 10.4 Å². The van der Waals surface area contributed by atoms with Gasteiger partial charge in [-0.25, -0.2) is 0 Å². The monoisotopic (exact) mass is 299 g/mol. The molecule has 0 saturated heterocycles. The minimum Gasteiger partial charge on any atom is -0.393 e. The lowest BCUT2D eigenvalue weighted by molar-refractivity contribution is 0.180. The van der Waals surface area contributed by atoms with E-state index < -0.39 is 0 Å². The van der Waals surface area contributed by atoms with Crippen LogP contribution < -0.4 is 5.32 Å². The highest BCUT2D eigenvalue weighted by Crippen LogP contribution is 2.13. The number of hydrogen-bond acceptors (Lipinski definition) is 2. The van der Waals surface area contributed by atoms with Crippen LogP contribution in [0.2, 0.25) is 0 Å². The Labute approximate surface area is 134 Å². The first-order chi connectivity index (χ1) is 10.3. The molecule has 0 aliphatic carbocycles. The molecule has 0 fully saturated rings. The van der Waals surface area contributed by atoms with Gasteiger partial charge in [0.1, 0.15) is 0 Å². The second kappa shape index (κ2) is 18.0. The van der Waals surface area contributed by atoms with Crippen LogP contribution in [0, 0.1) is 0 Å². The third-order valence-corrected chi connectivity index (χ3v) is 4.30. The summed E-state index contributed by atoms with van der Waals surface area (Å²) in [7, 11) is 2.04. The summed E-state index contributed by atoms with van der Waals surface area (Å²) >= 11 is 0. The number of unbranched alkanes of at least 4 members (excludes halogenated alkanes) is 13. The van der Waals surface area contributed by atoms with Gasteiger partial charge in [0.05, 0.1) is 6.10 Å². The van der Waals surface area contributed by atoms with Gasteiger partial charge in [0.25, 0.3) is 0 Å². The predicted molar refractivity (Wildman–Crippen MR) is 94.9 cm³/mol. The minimum absolute atomic E-state index is 0.103. The Balaban J connectivity index is 2.93. The summed E-state index contributed by atoms with van der Waals surface area (Å²) in [5.74, 6) is 0. The fraction of sp³-hybridized carbons (Fsp3) is 1.00. The van der Waals surface area contributed by atoms with E-state index in [1.807, 2.05) is 14.0 Å². The molecule has 0 aromatic heterocycles. The number of rotatable bonds is 17. The highest BCUT2D eigenvalue weighted by atomic mass is 16.3. The van der Waals surface area contributed by atoms with Gasteiger partial charge in [0.15, 0.2) is 0 Å². The van der Waals surface area contributed by atoms with E-state index in [0.717, 1.165) is 6.42 Å². The maximum Gasteiger partial charge on any atom is 0.0512 e.